The Balaban J connectivity index is 1.62. The third kappa shape index (κ3) is 3.96. The predicted molar refractivity (Wildman–Crippen MR) is 105 cm³/mol. The summed E-state index contributed by atoms with van der Waals surface area (Å²) in [6, 6.07) is 17.8. The highest BCUT2D eigenvalue weighted by atomic mass is 16.2. The van der Waals surface area contributed by atoms with E-state index >= 15 is 0 Å². The molecule has 1 aliphatic rings. The van der Waals surface area contributed by atoms with Crippen molar-refractivity contribution in [3.8, 4) is 0 Å². The summed E-state index contributed by atoms with van der Waals surface area (Å²) in [7, 11) is 0. The van der Waals surface area contributed by atoms with Crippen LogP contribution in [0.3, 0.4) is 0 Å². The molecule has 2 aromatic rings. The molecule has 2 aromatic carbocycles. The van der Waals surface area contributed by atoms with Crippen molar-refractivity contribution >= 4 is 17.4 Å². The zero-order chi connectivity index (χ0) is 18.5. The van der Waals surface area contributed by atoms with Gasteiger partial charge < -0.3 is 9.80 Å². The van der Waals surface area contributed by atoms with Crippen molar-refractivity contribution in [1.82, 2.24) is 4.90 Å². The summed E-state index contributed by atoms with van der Waals surface area (Å²) in [5.74, 6) is 0.251. The van der Waals surface area contributed by atoms with Crippen LogP contribution in [-0.4, -0.2) is 42.8 Å². The van der Waals surface area contributed by atoms with Gasteiger partial charge in [-0.05, 0) is 43.2 Å². The second kappa shape index (κ2) is 8.17. The highest BCUT2D eigenvalue weighted by molar-refractivity contribution is 5.94. The Bertz CT molecular complexity index is 747. The van der Waals surface area contributed by atoms with Crippen LogP contribution in [0.5, 0.6) is 0 Å². The molecule has 3 rings (SSSR count). The monoisotopic (exact) mass is 350 g/mol. The van der Waals surface area contributed by atoms with Crippen molar-refractivity contribution in [2.24, 2.45) is 0 Å². The van der Waals surface area contributed by atoms with Crippen molar-refractivity contribution in [3.63, 3.8) is 0 Å². The van der Waals surface area contributed by atoms with Gasteiger partial charge in [0, 0.05) is 37.4 Å². The molecule has 0 N–H and O–H groups in total. The first-order chi connectivity index (χ1) is 12.6. The Morgan fingerprint density at radius 2 is 1.54 bits per heavy atom. The Morgan fingerprint density at radius 1 is 0.923 bits per heavy atom. The van der Waals surface area contributed by atoms with Crippen LogP contribution in [-0.2, 0) is 4.79 Å². The second-order valence-electron chi connectivity index (χ2n) is 6.79. The lowest BCUT2D eigenvalue weighted by atomic mass is 9.95. The van der Waals surface area contributed by atoms with E-state index in [1.54, 1.807) is 6.92 Å². The number of ketones is 1. The molecule has 1 aliphatic heterocycles. The van der Waals surface area contributed by atoms with Gasteiger partial charge in [-0.15, -0.1) is 0 Å². The number of nitrogens with zero attached hydrogens (tertiary/aromatic N) is 2. The molecule has 1 fully saturated rings. The van der Waals surface area contributed by atoms with Gasteiger partial charge in [-0.25, -0.2) is 0 Å². The average Bonchev–Trinajstić information content (AvgIpc) is 2.69. The molecule has 1 saturated heterocycles. The third-order valence-electron chi connectivity index (χ3n) is 5.14. The lowest BCUT2D eigenvalue weighted by molar-refractivity contribution is -0.133. The number of carbonyl (C=O) groups excluding carboxylic acids is 2. The molecule has 0 bridgehead atoms. The summed E-state index contributed by atoms with van der Waals surface area (Å²) >= 11 is 0. The molecule has 1 amide bonds. The zero-order valence-electron chi connectivity index (χ0n) is 15.5. The summed E-state index contributed by atoms with van der Waals surface area (Å²) in [6.07, 6.45) is 0.815. The van der Waals surface area contributed by atoms with Crippen LogP contribution in [0.25, 0.3) is 0 Å². The van der Waals surface area contributed by atoms with E-state index in [1.165, 1.54) is 0 Å². The van der Waals surface area contributed by atoms with E-state index in [1.807, 2.05) is 59.5 Å². The van der Waals surface area contributed by atoms with Gasteiger partial charge >= 0.3 is 0 Å². The molecule has 4 heteroatoms. The van der Waals surface area contributed by atoms with Gasteiger partial charge in [0.15, 0.2) is 5.78 Å². The minimum absolute atomic E-state index is 0.0578. The number of piperazine rings is 1. The maximum Gasteiger partial charge on any atom is 0.230 e. The maximum atomic E-state index is 13.0. The largest absolute Gasteiger partial charge is 0.368 e. The molecule has 0 aromatic heterocycles. The second-order valence-corrected chi connectivity index (χ2v) is 6.79. The third-order valence-corrected chi connectivity index (χ3v) is 5.14. The minimum atomic E-state index is -0.0578. The van der Waals surface area contributed by atoms with Gasteiger partial charge in [-0.1, -0.05) is 37.3 Å². The summed E-state index contributed by atoms with van der Waals surface area (Å²) in [5, 5.41) is 0. The summed E-state index contributed by atoms with van der Waals surface area (Å²) < 4.78 is 0. The van der Waals surface area contributed by atoms with Crippen LogP contribution in [0.15, 0.2) is 54.6 Å². The SMILES string of the molecule is CC[C@@H](C(=O)N1CCN(c2ccc(C(C)=O)cc2)CC1)c1ccccc1. The summed E-state index contributed by atoms with van der Waals surface area (Å²) in [4.78, 5) is 28.6. The molecule has 0 radical (unpaired) electrons. The number of rotatable bonds is 5. The van der Waals surface area contributed by atoms with Gasteiger partial charge in [-0.2, -0.15) is 0 Å². The first-order valence-electron chi connectivity index (χ1n) is 9.30. The van der Waals surface area contributed by atoms with Crippen LogP contribution in [0.2, 0.25) is 0 Å². The van der Waals surface area contributed by atoms with E-state index in [9.17, 15) is 9.59 Å². The maximum absolute atomic E-state index is 13.0. The van der Waals surface area contributed by atoms with E-state index in [4.69, 9.17) is 0 Å². The van der Waals surface area contributed by atoms with E-state index in [0.29, 0.717) is 0 Å². The van der Waals surface area contributed by atoms with E-state index < -0.39 is 0 Å². The van der Waals surface area contributed by atoms with Crippen molar-refractivity contribution < 1.29 is 9.59 Å². The Hall–Kier alpha value is -2.62. The molecule has 0 unspecified atom stereocenters. The number of Topliss-reactive ketones (excluding diaryl/α,β-unsaturated/α-hetero) is 1. The van der Waals surface area contributed by atoms with E-state index in [2.05, 4.69) is 11.8 Å². The van der Waals surface area contributed by atoms with E-state index in [-0.39, 0.29) is 17.6 Å². The first kappa shape index (κ1) is 18.2. The highest BCUT2D eigenvalue weighted by Gasteiger charge is 2.27. The van der Waals surface area contributed by atoms with Crippen LogP contribution in [0, 0.1) is 0 Å². The average molecular weight is 350 g/mol. The van der Waals surface area contributed by atoms with Gasteiger partial charge in [0.1, 0.15) is 0 Å². The standard InChI is InChI=1S/C22H26N2O2/c1-3-21(19-7-5-4-6-8-19)22(26)24-15-13-23(14-16-24)20-11-9-18(10-12-20)17(2)25/h4-12,21H,3,13-16H2,1-2H3/t21-/m1/s1. The zero-order valence-corrected chi connectivity index (χ0v) is 15.5. The van der Waals surface area contributed by atoms with Crippen molar-refractivity contribution in [3.05, 3.63) is 65.7 Å². The smallest absolute Gasteiger partial charge is 0.230 e. The van der Waals surface area contributed by atoms with Gasteiger partial charge in [0.05, 0.1) is 5.92 Å². The van der Waals surface area contributed by atoms with Crippen LogP contribution >= 0.6 is 0 Å². The minimum Gasteiger partial charge on any atom is -0.368 e. The highest BCUT2D eigenvalue weighted by Crippen LogP contribution is 2.24. The van der Waals surface area contributed by atoms with Crippen molar-refractivity contribution in [2.75, 3.05) is 31.1 Å². The molecule has 0 spiro atoms. The van der Waals surface area contributed by atoms with Gasteiger partial charge in [0.25, 0.3) is 0 Å². The van der Waals surface area contributed by atoms with Crippen LogP contribution in [0.1, 0.15) is 42.1 Å². The molecule has 136 valence electrons. The topological polar surface area (TPSA) is 40.6 Å². The van der Waals surface area contributed by atoms with E-state index in [0.717, 1.165) is 49.4 Å². The number of amides is 1. The fourth-order valence-electron chi connectivity index (χ4n) is 3.55. The molecule has 0 saturated carbocycles. The number of anilines is 1. The van der Waals surface area contributed by atoms with Crippen LogP contribution < -0.4 is 4.90 Å². The Morgan fingerprint density at radius 3 is 2.08 bits per heavy atom. The first-order valence-corrected chi connectivity index (χ1v) is 9.30. The lowest BCUT2D eigenvalue weighted by Gasteiger charge is -2.37. The number of carbonyl (C=O) groups is 2. The number of benzene rings is 2. The number of hydrogen-bond acceptors (Lipinski definition) is 3. The molecule has 1 heterocycles. The Kier molecular flexibility index (Phi) is 5.71. The lowest BCUT2D eigenvalue weighted by Crippen LogP contribution is -2.50. The predicted octanol–water partition coefficient (Wildman–Crippen LogP) is 3.73. The van der Waals surface area contributed by atoms with Crippen molar-refractivity contribution in [1.29, 1.82) is 0 Å². The van der Waals surface area contributed by atoms with Gasteiger partial charge in [0.2, 0.25) is 5.91 Å². The Labute approximate surface area is 155 Å². The quantitative estimate of drug-likeness (QED) is 0.772. The molecule has 1 atom stereocenters. The molecule has 4 nitrogen and oxygen atoms in total. The number of hydrogen-bond donors (Lipinski definition) is 0. The molecule has 26 heavy (non-hydrogen) atoms. The van der Waals surface area contributed by atoms with Crippen LogP contribution in [0.4, 0.5) is 5.69 Å². The normalized spacial score (nSPS) is 15.6. The van der Waals surface area contributed by atoms with Gasteiger partial charge in [-0.3, -0.25) is 9.59 Å². The fourth-order valence-corrected chi connectivity index (χ4v) is 3.55. The van der Waals surface area contributed by atoms with Crippen molar-refractivity contribution in [2.45, 2.75) is 26.2 Å². The molecular formula is C22H26N2O2. The molecular weight excluding hydrogens is 324 g/mol. The fraction of sp³-hybridized carbons (Fsp3) is 0.364. The summed E-state index contributed by atoms with van der Waals surface area (Å²) in [6.45, 7) is 6.75. The summed E-state index contributed by atoms with van der Waals surface area (Å²) in [5.41, 5.74) is 2.94. The molecule has 0 aliphatic carbocycles.